The number of amides is 1. The molecular formula is C42H36HfN2O. The number of benzene rings is 6. The molecule has 0 radical (unpaired) electrons. The van der Waals surface area contributed by atoms with Gasteiger partial charge in [-0.25, -0.2) is 4.98 Å². The van der Waals surface area contributed by atoms with E-state index in [-0.39, 0.29) is 5.91 Å². The second-order valence-corrected chi connectivity index (χ2v) is 15.7. The monoisotopic (exact) mass is 764 g/mol. The zero-order valence-corrected chi connectivity index (χ0v) is 29.8. The van der Waals surface area contributed by atoms with Gasteiger partial charge in [-0.15, -0.1) is 0 Å². The Balaban J connectivity index is 0.000000208. The maximum absolute atomic E-state index is 13.2. The molecule has 0 atom stereocenters. The Bertz CT molecular complexity index is 2030. The molecule has 0 spiro atoms. The third-order valence-corrected chi connectivity index (χ3v) is 12.8. The molecule has 46 heavy (non-hydrogen) atoms. The summed E-state index contributed by atoms with van der Waals surface area (Å²) < 4.78 is 2.74. The van der Waals surface area contributed by atoms with Crippen molar-refractivity contribution < 1.29 is 27.7 Å². The number of pyridine rings is 1. The zero-order valence-electron chi connectivity index (χ0n) is 26.2. The first-order valence-corrected chi connectivity index (χ1v) is 20.7. The number of hydrogen-bond donors (Lipinski definition) is 1. The molecule has 224 valence electrons. The van der Waals surface area contributed by atoms with Crippen LogP contribution in [0.4, 0.5) is 5.69 Å². The van der Waals surface area contributed by atoms with Crippen molar-refractivity contribution in [1.29, 1.82) is 0 Å². The van der Waals surface area contributed by atoms with E-state index in [0.29, 0.717) is 11.1 Å². The van der Waals surface area contributed by atoms with Crippen molar-refractivity contribution in [2.75, 3.05) is 5.32 Å². The first-order valence-electron chi connectivity index (χ1n) is 15.6. The summed E-state index contributed by atoms with van der Waals surface area (Å²) in [6.45, 7) is 4.01. The molecule has 7 rings (SSSR count). The molecule has 0 aliphatic carbocycles. The van der Waals surface area contributed by atoms with Crippen molar-refractivity contribution in [2.45, 2.75) is 22.2 Å². The topological polar surface area (TPSA) is 42.0 Å². The molecule has 0 saturated carbocycles. The van der Waals surface area contributed by atoms with Crippen LogP contribution in [0.2, 0.25) is 0 Å². The van der Waals surface area contributed by atoms with Gasteiger partial charge in [0, 0.05) is 16.6 Å². The van der Waals surface area contributed by atoms with Crippen molar-refractivity contribution in [1.82, 2.24) is 4.98 Å². The Labute approximate surface area is 282 Å². The van der Waals surface area contributed by atoms with E-state index in [2.05, 4.69) is 90.2 Å². The number of anilines is 1. The number of para-hydroxylation sites is 2. The quantitative estimate of drug-likeness (QED) is 0.164. The molecule has 3 nitrogen and oxygen atoms in total. The second-order valence-electron chi connectivity index (χ2n) is 11.4. The van der Waals surface area contributed by atoms with E-state index in [1.54, 1.807) is 0 Å². The number of carbonyl (C=O) groups excluding carboxylic acids is 1. The Kier molecular flexibility index (Phi) is 10.3. The average molecular weight is 763 g/mol. The summed E-state index contributed by atoms with van der Waals surface area (Å²) in [5.74, 6) is -0.148. The standard InChI is InChI=1S/C28H22N2O.2C7H7.Hf/c1-18-8-5-9-19(2)26(18)30-28(31)24-15-7-12-21-16-17-25(29-27(21)24)23-14-6-11-20-10-3-4-13-22(20)23;2*1-7-5-3-2-4-6-7;/h3-17H,1-2H3,(H,30,31);2*2-6H,1H2;. The Hall–Kier alpha value is -4.67. The van der Waals surface area contributed by atoms with Crippen LogP contribution in [0.1, 0.15) is 32.6 Å². The first kappa shape index (κ1) is 31.3. The minimum absolute atomic E-state index is 0.148. The van der Waals surface area contributed by atoms with E-state index in [1.807, 2.05) is 80.6 Å². The van der Waals surface area contributed by atoms with Gasteiger partial charge in [0.05, 0.1) is 16.8 Å². The third-order valence-electron chi connectivity index (χ3n) is 8.09. The van der Waals surface area contributed by atoms with E-state index in [0.717, 1.165) is 38.8 Å². The van der Waals surface area contributed by atoms with Gasteiger partial charge < -0.3 is 5.32 Å². The van der Waals surface area contributed by atoms with Gasteiger partial charge in [-0.05, 0) is 47.9 Å². The van der Waals surface area contributed by atoms with Gasteiger partial charge >= 0.3 is 103 Å². The third kappa shape index (κ3) is 7.58. The number of carbonyl (C=O) groups is 1. The van der Waals surface area contributed by atoms with E-state index < -0.39 is 22.9 Å². The number of fused-ring (bicyclic) bond motifs is 2. The molecule has 0 saturated heterocycles. The van der Waals surface area contributed by atoms with Crippen LogP contribution in [-0.4, -0.2) is 10.9 Å². The summed E-state index contributed by atoms with van der Waals surface area (Å²) in [7, 11) is 0. The van der Waals surface area contributed by atoms with Gasteiger partial charge in [-0.1, -0.05) is 78.9 Å². The van der Waals surface area contributed by atoms with Gasteiger partial charge in [0.15, 0.2) is 0 Å². The van der Waals surface area contributed by atoms with Crippen molar-refractivity contribution in [2.24, 2.45) is 0 Å². The van der Waals surface area contributed by atoms with Gasteiger partial charge in [-0.3, -0.25) is 4.79 Å². The normalized spacial score (nSPS) is 10.7. The van der Waals surface area contributed by atoms with Gasteiger partial charge in [0.2, 0.25) is 0 Å². The first-order chi connectivity index (χ1) is 22.6. The number of hydrogen-bond acceptors (Lipinski definition) is 2. The summed E-state index contributed by atoms with van der Waals surface area (Å²) in [5.41, 5.74) is 9.18. The van der Waals surface area contributed by atoms with Gasteiger partial charge in [0.1, 0.15) is 0 Å². The molecule has 0 aliphatic heterocycles. The summed E-state index contributed by atoms with van der Waals surface area (Å²) in [6.07, 6.45) is 0. The number of nitrogens with one attached hydrogen (secondary N) is 1. The van der Waals surface area contributed by atoms with Crippen LogP contribution in [0.3, 0.4) is 0 Å². The molecule has 0 fully saturated rings. The van der Waals surface area contributed by atoms with Crippen molar-refractivity contribution in [3.05, 3.63) is 179 Å². The number of nitrogens with zero attached hydrogens (tertiary/aromatic N) is 1. The van der Waals surface area contributed by atoms with Crippen LogP contribution in [0.25, 0.3) is 32.9 Å². The van der Waals surface area contributed by atoms with Crippen molar-refractivity contribution in [3.8, 4) is 11.3 Å². The van der Waals surface area contributed by atoms with Gasteiger partial charge in [-0.2, -0.15) is 0 Å². The molecule has 1 aromatic heterocycles. The molecule has 0 unspecified atom stereocenters. The van der Waals surface area contributed by atoms with Crippen LogP contribution in [-0.2, 0) is 31.3 Å². The second kappa shape index (κ2) is 15.1. The van der Waals surface area contributed by atoms with Crippen LogP contribution >= 0.6 is 0 Å². The number of aryl methyl sites for hydroxylation is 2. The predicted molar refractivity (Wildman–Crippen MR) is 189 cm³/mol. The number of rotatable bonds is 7. The van der Waals surface area contributed by atoms with Crippen LogP contribution in [0, 0.1) is 13.8 Å². The van der Waals surface area contributed by atoms with E-state index in [4.69, 9.17) is 4.98 Å². The van der Waals surface area contributed by atoms with E-state index in [9.17, 15) is 4.79 Å². The minimum atomic E-state index is -0.471. The summed E-state index contributed by atoms with van der Waals surface area (Å²) in [5, 5.41) is 6.36. The summed E-state index contributed by atoms with van der Waals surface area (Å²) >= 11 is -0.471. The van der Waals surface area contributed by atoms with E-state index >= 15 is 0 Å². The molecule has 1 heterocycles. The van der Waals surface area contributed by atoms with Crippen molar-refractivity contribution >= 4 is 33.3 Å². The molecule has 0 bridgehead atoms. The Morgan fingerprint density at radius 2 is 1.15 bits per heavy atom. The van der Waals surface area contributed by atoms with Crippen molar-refractivity contribution in [3.63, 3.8) is 0 Å². The fourth-order valence-corrected chi connectivity index (χ4v) is 9.88. The van der Waals surface area contributed by atoms with Crippen LogP contribution in [0.15, 0.2) is 152 Å². The molecule has 4 heteroatoms. The fourth-order valence-electron chi connectivity index (χ4n) is 5.66. The average Bonchev–Trinajstić information content (AvgIpc) is 3.10. The summed E-state index contributed by atoms with van der Waals surface area (Å²) in [6, 6.07) is 52.0. The predicted octanol–water partition coefficient (Wildman–Crippen LogP) is 10.4. The molecule has 6 aromatic carbocycles. The van der Waals surface area contributed by atoms with Crippen LogP contribution in [0.5, 0.6) is 0 Å². The van der Waals surface area contributed by atoms with Crippen LogP contribution < -0.4 is 5.32 Å². The molecule has 1 N–H and O–H groups in total. The number of aromatic nitrogens is 1. The fraction of sp³-hybridized carbons (Fsp3) is 0.0952. The maximum atomic E-state index is 13.2. The Morgan fingerprint density at radius 3 is 1.85 bits per heavy atom. The van der Waals surface area contributed by atoms with E-state index in [1.165, 1.54) is 24.9 Å². The zero-order chi connectivity index (χ0) is 31.7. The Morgan fingerprint density at radius 1 is 0.587 bits per heavy atom. The SMILES string of the molecule is Cc1cccc(C)c1NC(=O)c1cccc2ccc(-c3cccc4ccccc34)nc12.c1ccc([CH2][Hf][CH2]c2ccccc2)cc1. The molecule has 0 aliphatic rings. The molecule has 7 aromatic rings. The molecular weight excluding hydrogens is 727 g/mol. The molecule has 1 amide bonds. The summed E-state index contributed by atoms with van der Waals surface area (Å²) in [4.78, 5) is 18.2. The van der Waals surface area contributed by atoms with Gasteiger partial charge in [0.25, 0.3) is 5.91 Å².